The Morgan fingerprint density at radius 2 is 2.44 bits per heavy atom. The SMILES string of the molecule is COc1ccc(C(=O)N2CCSC2C)cn1. The van der Waals surface area contributed by atoms with E-state index in [9.17, 15) is 4.79 Å². The van der Waals surface area contributed by atoms with Gasteiger partial charge in [-0.1, -0.05) is 0 Å². The molecular weight excluding hydrogens is 224 g/mol. The quantitative estimate of drug-likeness (QED) is 0.785. The van der Waals surface area contributed by atoms with Gasteiger partial charge in [-0.15, -0.1) is 11.8 Å². The second kappa shape index (κ2) is 4.74. The van der Waals surface area contributed by atoms with Crippen LogP contribution in [0.3, 0.4) is 0 Å². The van der Waals surface area contributed by atoms with Gasteiger partial charge in [-0.25, -0.2) is 4.98 Å². The summed E-state index contributed by atoms with van der Waals surface area (Å²) in [5.74, 6) is 1.59. The lowest BCUT2D eigenvalue weighted by molar-refractivity contribution is 0.0768. The zero-order valence-corrected chi connectivity index (χ0v) is 10.2. The van der Waals surface area contributed by atoms with Gasteiger partial charge in [-0.2, -0.15) is 0 Å². The summed E-state index contributed by atoms with van der Waals surface area (Å²) < 4.78 is 4.96. The van der Waals surface area contributed by atoms with Crippen LogP contribution in [0.4, 0.5) is 0 Å². The van der Waals surface area contributed by atoms with E-state index in [4.69, 9.17) is 4.74 Å². The molecule has 1 unspecified atom stereocenters. The first-order chi connectivity index (χ1) is 7.72. The van der Waals surface area contributed by atoms with Crippen LogP contribution < -0.4 is 4.74 Å². The van der Waals surface area contributed by atoms with Crippen LogP contribution in [0.15, 0.2) is 18.3 Å². The number of carbonyl (C=O) groups excluding carboxylic acids is 1. The van der Waals surface area contributed by atoms with Gasteiger partial charge in [-0.05, 0) is 13.0 Å². The van der Waals surface area contributed by atoms with Gasteiger partial charge in [0, 0.05) is 24.6 Å². The van der Waals surface area contributed by atoms with E-state index in [2.05, 4.69) is 4.98 Å². The Hall–Kier alpha value is -1.23. The summed E-state index contributed by atoms with van der Waals surface area (Å²) in [6.45, 7) is 2.86. The molecule has 1 aliphatic heterocycles. The van der Waals surface area contributed by atoms with E-state index in [0.717, 1.165) is 12.3 Å². The molecular formula is C11H14N2O2S. The molecule has 0 aromatic carbocycles. The standard InChI is InChI=1S/C11H14N2O2S/c1-8-13(5-6-16-8)11(14)9-3-4-10(15-2)12-7-9/h3-4,7-8H,5-6H2,1-2H3. The maximum Gasteiger partial charge on any atom is 0.256 e. The van der Waals surface area contributed by atoms with Gasteiger partial charge in [-0.3, -0.25) is 4.79 Å². The number of hydrogen-bond donors (Lipinski definition) is 0. The molecule has 4 nitrogen and oxygen atoms in total. The van der Waals surface area contributed by atoms with Crippen molar-refractivity contribution in [1.82, 2.24) is 9.88 Å². The molecule has 0 saturated carbocycles. The monoisotopic (exact) mass is 238 g/mol. The Labute approximate surface area is 99.0 Å². The van der Waals surface area contributed by atoms with Gasteiger partial charge < -0.3 is 9.64 Å². The lowest BCUT2D eigenvalue weighted by Gasteiger charge is -2.20. The van der Waals surface area contributed by atoms with Crippen molar-refractivity contribution in [2.24, 2.45) is 0 Å². The van der Waals surface area contributed by atoms with Crippen molar-refractivity contribution in [1.29, 1.82) is 0 Å². The summed E-state index contributed by atoms with van der Waals surface area (Å²) in [4.78, 5) is 18.0. The second-order valence-corrected chi connectivity index (χ2v) is 4.98. The molecule has 1 aromatic heterocycles. The first-order valence-electron chi connectivity index (χ1n) is 5.15. The Morgan fingerprint density at radius 1 is 1.62 bits per heavy atom. The number of methoxy groups -OCH3 is 1. The summed E-state index contributed by atoms with van der Waals surface area (Å²) in [7, 11) is 1.56. The minimum atomic E-state index is 0.0488. The number of rotatable bonds is 2. The number of thioether (sulfide) groups is 1. The highest BCUT2D eigenvalue weighted by Crippen LogP contribution is 2.24. The predicted molar refractivity (Wildman–Crippen MR) is 63.7 cm³/mol. The van der Waals surface area contributed by atoms with E-state index in [1.807, 2.05) is 11.8 Å². The number of pyridine rings is 1. The van der Waals surface area contributed by atoms with Crippen LogP contribution in [0.25, 0.3) is 0 Å². The van der Waals surface area contributed by atoms with Gasteiger partial charge in [0.2, 0.25) is 5.88 Å². The smallest absolute Gasteiger partial charge is 0.256 e. The maximum atomic E-state index is 12.1. The molecule has 1 aliphatic rings. The summed E-state index contributed by atoms with van der Waals surface area (Å²) in [6.07, 6.45) is 1.57. The van der Waals surface area contributed by atoms with Crippen molar-refractivity contribution in [2.45, 2.75) is 12.3 Å². The molecule has 2 rings (SSSR count). The number of amides is 1. The van der Waals surface area contributed by atoms with Gasteiger partial charge in [0.15, 0.2) is 0 Å². The van der Waals surface area contributed by atoms with Crippen LogP contribution in [0.5, 0.6) is 5.88 Å². The minimum absolute atomic E-state index is 0.0488. The van der Waals surface area contributed by atoms with Crippen LogP contribution in [0.2, 0.25) is 0 Å². The van der Waals surface area contributed by atoms with Crippen LogP contribution in [0.1, 0.15) is 17.3 Å². The molecule has 5 heteroatoms. The van der Waals surface area contributed by atoms with E-state index in [1.54, 1.807) is 37.2 Å². The molecule has 1 atom stereocenters. The lowest BCUT2D eigenvalue weighted by atomic mass is 10.2. The number of carbonyl (C=O) groups is 1. The number of hydrogen-bond acceptors (Lipinski definition) is 4. The van der Waals surface area contributed by atoms with Crippen molar-refractivity contribution >= 4 is 17.7 Å². The Kier molecular flexibility index (Phi) is 3.33. The average molecular weight is 238 g/mol. The first-order valence-corrected chi connectivity index (χ1v) is 6.20. The zero-order chi connectivity index (χ0) is 11.5. The molecule has 1 aromatic rings. The van der Waals surface area contributed by atoms with E-state index in [-0.39, 0.29) is 11.3 Å². The highest BCUT2D eigenvalue weighted by atomic mass is 32.2. The van der Waals surface area contributed by atoms with Crippen molar-refractivity contribution in [3.8, 4) is 5.88 Å². The van der Waals surface area contributed by atoms with Crippen molar-refractivity contribution in [2.75, 3.05) is 19.4 Å². The minimum Gasteiger partial charge on any atom is -0.481 e. The fourth-order valence-corrected chi connectivity index (χ4v) is 2.68. The molecule has 1 saturated heterocycles. The molecule has 16 heavy (non-hydrogen) atoms. The second-order valence-electron chi connectivity index (χ2n) is 3.56. The number of ether oxygens (including phenoxy) is 1. The highest BCUT2D eigenvalue weighted by Gasteiger charge is 2.26. The average Bonchev–Trinajstić information content (AvgIpc) is 2.75. The fraction of sp³-hybridized carbons (Fsp3) is 0.455. The van der Waals surface area contributed by atoms with Crippen LogP contribution in [-0.2, 0) is 0 Å². The molecule has 2 heterocycles. The molecule has 0 bridgehead atoms. The fourth-order valence-electron chi connectivity index (χ4n) is 1.65. The predicted octanol–water partition coefficient (Wildman–Crippen LogP) is 1.63. The Morgan fingerprint density at radius 3 is 2.94 bits per heavy atom. The largest absolute Gasteiger partial charge is 0.481 e. The van der Waals surface area contributed by atoms with Gasteiger partial charge in [0.25, 0.3) is 5.91 Å². The van der Waals surface area contributed by atoms with E-state index >= 15 is 0 Å². The highest BCUT2D eigenvalue weighted by molar-refractivity contribution is 8.00. The molecule has 0 radical (unpaired) electrons. The van der Waals surface area contributed by atoms with Gasteiger partial charge in [0.05, 0.1) is 18.0 Å². The molecule has 1 fully saturated rings. The third-order valence-electron chi connectivity index (χ3n) is 2.58. The number of aromatic nitrogens is 1. The van der Waals surface area contributed by atoms with E-state index < -0.39 is 0 Å². The Balaban J connectivity index is 2.14. The normalized spacial score (nSPS) is 19.9. The maximum absolute atomic E-state index is 12.1. The molecule has 0 N–H and O–H groups in total. The third-order valence-corrected chi connectivity index (χ3v) is 3.74. The summed E-state index contributed by atoms with van der Waals surface area (Å²) in [5, 5.41) is 0.259. The summed E-state index contributed by atoms with van der Waals surface area (Å²) >= 11 is 1.80. The zero-order valence-electron chi connectivity index (χ0n) is 9.34. The van der Waals surface area contributed by atoms with Crippen molar-refractivity contribution in [3.63, 3.8) is 0 Å². The first kappa shape index (κ1) is 11.3. The van der Waals surface area contributed by atoms with Crippen molar-refractivity contribution < 1.29 is 9.53 Å². The molecule has 0 aliphatic carbocycles. The lowest BCUT2D eigenvalue weighted by Crippen LogP contribution is -2.33. The third kappa shape index (κ3) is 2.14. The Bertz CT molecular complexity index is 380. The van der Waals surface area contributed by atoms with Crippen molar-refractivity contribution in [3.05, 3.63) is 23.9 Å². The van der Waals surface area contributed by atoms with E-state index in [0.29, 0.717) is 11.4 Å². The summed E-state index contributed by atoms with van der Waals surface area (Å²) in [6, 6.07) is 3.46. The van der Waals surface area contributed by atoms with Crippen LogP contribution in [0, 0.1) is 0 Å². The molecule has 86 valence electrons. The molecule has 1 amide bonds. The summed E-state index contributed by atoms with van der Waals surface area (Å²) in [5.41, 5.74) is 0.621. The van der Waals surface area contributed by atoms with E-state index in [1.165, 1.54) is 0 Å². The topological polar surface area (TPSA) is 42.4 Å². The van der Waals surface area contributed by atoms with Gasteiger partial charge in [0.1, 0.15) is 0 Å². The van der Waals surface area contributed by atoms with Gasteiger partial charge >= 0.3 is 0 Å². The van der Waals surface area contributed by atoms with Crippen LogP contribution in [-0.4, -0.2) is 40.6 Å². The van der Waals surface area contributed by atoms with Crippen LogP contribution >= 0.6 is 11.8 Å². The number of nitrogens with zero attached hydrogens (tertiary/aromatic N) is 2. The molecule has 0 spiro atoms.